The molecule has 0 amide bonds. The summed E-state index contributed by atoms with van der Waals surface area (Å²) in [6.45, 7) is 3.91. The third kappa shape index (κ3) is 2.85. The van der Waals surface area contributed by atoms with Gasteiger partial charge in [-0.05, 0) is 37.7 Å². The molecule has 31 heavy (non-hydrogen) atoms. The maximum atomic E-state index is 13.0. The van der Waals surface area contributed by atoms with Crippen LogP contribution in [-0.2, 0) is 23.7 Å². The normalized spacial score (nSPS) is 26.5. The van der Waals surface area contributed by atoms with Gasteiger partial charge in [0.15, 0.2) is 5.78 Å². The molecule has 3 atom stereocenters. The molecule has 0 saturated heterocycles. The van der Waals surface area contributed by atoms with E-state index in [0.717, 1.165) is 47.2 Å². The zero-order chi connectivity index (χ0) is 21.8. The van der Waals surface area contributed by atoms with Crippen LogP contribution in [0.25, 0.3) is 11.3 Å². The van der Waals surface area contributed by atoms with Crippen molar-refractivity contribution in [3.05, 3.63) is 77.2 Å². The van der Waals surface area contributed by atoms with Gasteiger partial charge in [-0.15, -0.1) is 0 Å². The highest BCUT2D eigenvalue weighted by atomic mass is 16.2. The lowest BCUT2D eigenvalue weighted by Crippen LogP contribution is -2.51. The van der Waals surface area contributed by atoms with Crippen LogP contribution in [0.15, 0.2) is 54.6 Å². The minimum Gasteiger partial charge on any atom is -0.515 e. The minimum absolute atomic E-state index is 0.0424. The van der Waals surface area contributed by atoms with Crippen molar-refractivity contribution < 1.29 is 9.90 Å². The summed E-state index contributed by atoms with van der Waals surface area (Å²) in [7, 11) is 1.90. The minimum atomic E-state index is -0.485. The van der Waals surface area contributed by atoms with Gasteiger partial charge in [-0.25, -0.2) is 9.97 Å². The number of Topliss-reactive ketones (excluding diaryl/α,β-unsaturated/α-hetero) is 1. The van der Waals surface area contributed by atoms with Gasteiger partial charge in [0, 0.05) is 41.3 Å². The third-order valence-corrected chi connectivity index (χ3v) is 7.11. The first-order chi connectivity index (χ1) is 15.0. The molecule has 6 nitrogen and oxygen atoms in total. The van der Waals surface area contributed by atoms with Crippen molar-refractivity contribution in [2.45, 2.75) is 38.5 Å². The molecule has 2 aromatic heterocycles. The fourth-order valence-corrected chi connectivity index (χ4v) is 5.76. The van der Waals surface area contributed by atoms with E-state index in [1.165, 1.54) is 0 Å². The smallest absolute Gasteiger partial charge is 0.165 e. The molecule has 158 valence electrons. The Kier molecular flexibility index (Phi) is 4.54. The topological polar surface area (TPSA) is 80.9 Å². The molecule has 6 heteroatoms. The predicted octanol–water partition coefficient (Wildman–Crippen LogP) is 4.08. The van der Waals surface area contributed by atoms with Crippen LogP contribution in [0.3, 0.4) is 0 Å². The summed E-state index contributed by atoms with van der Waals surface area (Å²) in [5.41, 5.74) is 5.13. The van der Waals surface area contributed by atoms with Crippen molar-refractivity contribution in [2.24, 2.45) is 18.9 Å². The molecule has 3 aromatic rings. The zero-order valence-corrected chi connectivity index (χ0v) is 18.0. The Bertz CT molecular complexity index is 1200. The molecule has 2 aliphatic carbocycles. The molecule has 1 N–H and O–H groups in total. The van der Waals surface area contributed by atoms with E-state index in [0.29, 0.717) is 17.8 Å². The molecule has 2 heterocycles. The summed E-state index contributed by atoms with van der Waals surface area (Å²) in [6, 6.07) is 10.3. The number of aliphatic hydroxyl groups is 1. The summed E-state index contributed by atoms with van der Waals surface area (Å²) < 4.78 is 1.78. The number of hydrogen-bond acceptors (Lipinski definition) is 5. The number of fused-ring (bicyclic) bond motifs is 3. The molecule has 1 saturated carbocycles. The molecular weight excluding hydrogens is 388 g/mol. The summed E-state index contributed by atoms with van der Waals surface area (Å²) in [4.78, 5) is 22.8. The number of hydrogen-bond donors (Lipinski definition) is 1. The van der Waals surface area contributed by atoms with Gasteiger partial charge in [0.1, 0.15) is 5.82 Å². The number of nitrogens with zero attached hydrogens (tertiary/aromatic N) is 4. The van der Waals surface area contributed by atoms with Crippen molar-refractivity contribution >= 4 is 5.78 Å². The highest BCUT2D eigenvalue weighted by molar-refractivity contribution is 5.98. The number of carbonyl (C=O) groups is 1. The van der Waals surface area contributed by atoms with Crippen LogP contribution in [0, 0.1) is 18.8 Å². The van der Waals surface area contributed by atoms with Gasteiger partial charge in [-0.2, -0.15) is 5.10 Å². The molecule has 1 fully saturated rings. The largest absolute Gasteiger partial charge is 0.515 e. The van der Waals surface area contributed by atoms with Crippen molar-refractivity contribution in [3.63, 3.8) is 0 Å². The first-order valence-electron chi connectivity index (χ1n) is 10.8. The van der Waals surface area contributed by atoms with E-state index in [2.05, 4.69) is 17.2 Å². The Morgan fingerprint density at radius 3 is 2.68 bits per heavy atom. The molecule has 1 aromatic carbocycles. The van der Waals surface area contributed by atoms with Gasteiger partial charge < -0.3 is 5.11 Å². The average Bonchev–Trinajstić information content (AvgIpc) is 3.22. The van der Waals surface area contributed by atoms with Crippen LogP contribution in [0.2, 0.25) is 0 Å². The molecule has 0 radical (unpaired) electrons. The van der Waals surface area contributed by atoms with Crippen LogP contribution in [0.1, 0.15) is 42.4 Å². The van der Waals surface area contributed by atoms with Crippen LogP contribution in [0.5, 0.6) is 0 Å². The summed E-state index contributed by atoms with van der Waals surface area (Å²) >= 11 is 0. The fourth-order valence-electron chi connectivity index (χ4n) is 5.76. The number of allylic oxidation sites excluding steroid dienone is 1. The SMILES string of the molecule is Cc1nc(-c2cnn(C)c2)c2c(n1)[C@@]1(c3ccccc3)CC(=CO)C(=O)[C@@H](C)[C@@H]1CC2. The standard InChI is InChI=1S/C25H26N4O2/c1-15-21-10-9-20-22(18-12-26-29(3)13-18)27-16(2)28-24(20)25(21,11-17(14-30)23(15)31)19-7-5-4-6-8-19/h4-8,12-15,21,30H,9-11H2,1-3H3/t15-,21-,25+/m0/s1. The van der Waals surface area contributed by atoms with Crippen molar-refractivity contribution in [1.29, 1.82) is 0 Å². The lowest BCUT2D eigenvalue weighted by Gasteiger charge is -2.51. The Hall–Kier alpha value is -3.28. The average molecular weight is 415 g/mol. The number of carbonyl (C=O) groups excluding carboxylic acids is 1. The fraction of sp³-hybridized carbons (Fsp3) is 0.360. The monoisotopic (exact) mass is 414 g/mol. The number of ketones is 1. The van der Waals surface area contributed by atoms with E-state index in [1.807, 2.05) is 51.5 Å². The highest BCUT2D eigenvalue weighted by Gasteiger charge is 2.55. The van der Waals surface area contributed by atoms with E-state index >= 15 is 0 Å². The van der Waals surface area contributed by atoms with Crippen molar-refractivity contribution in [2.75, 3.05) is 0 Å². The van der Waals surface area contributed by atoms with Crippen LogP contribution >= 0.6 is 0 Å². The van der Waals surface area contributed by atoms with Gasteiger partial charge in [-0.3, -0.25) is 9.48 Å². The van der Waals surface area contributed by atoms with Crippen LogP contribution in [-0.4, -0.2) is 30.6 Å². The van der Waals surface area contributed by atoms with Crippen molar-refractivity contribution in [1.82, 2.24) is 19.7 Å². The van der Waals surface area contributed by atoms with E-state index in [1.54, 1.807) is 4.68 Å². The number of aromatic nitrogens is 4. The number of aryl methyl sites for hydroxylation is 2. The molecule has 0 spiro atoms. The van der Waals surface area contributed by atoms with Gasteiger partial charge in [0.25, 0.3) is 0 Å². The Balaban J connectivity index is 1.83. The second-order valence-electron chi connectivity index (χ2n) is 8.82. The predicted molar refractivity (Wildman–Crippen MR) is 118 cm³/mol. The second kappa shape index (κ2) is 7.15. The first-order valence-corrected chi connectivity index (χ1v) is 10.8. The van der Waals surface area contributed by atoms with E-state index < -0.39 is 5.41 Å². The molecule has 0 unspecified atom stereocenters. The molecule has 0 bridgehead atoms. The maximum Gasteiger partial charge on any atom is 0.165 e. The van der Waals surface area contributed by atoms with Gasteiger partial charge in [-0.1, -0.05) is 37.3 Å². The number of benzene rings is 1. The van der Waals surface area contributed by atoms with Crippen LogP contribution in [0.4, 0.5) is 0 Å². The number of rotatable bonds is 2. The van der Waals surface area contributed by atoms with E-state index in [-0.39, 0.29) is 17.6 Å². The Morgan fingerprint density at radius 1 is 1.23 bits per heavy atom. The molecule has 2 aliphatic rings. The van der Waals surface area contributed by atoms with E-state index in [4.69, 9.17) is 9.97 Å². The lowest BCUT2D eigenvalue weighted by atomic mass is 9.52. The highest BCUT2D eigenvalue weighted by Crippen LogP contribution is 2.56. The van der Waals surface area contributed by atoms with Gasteiger partial charge >= 0.3 is 0 Å². The summed E-state index contributed by atoms with van der Waals surface area (Å²) in [6.07, 6.45) is 6.95. The zero-order valence-electron chi connectivity index (χ0n) is 18.0. The first kappa shape index (κ1) is 19.7. The summed E-state index contributed by atoms with van der Waals surface area (Å²) in [5.74, 6) is 0.653. The molecule has 0 aliphatic heterocycles. The Labute approximate surface area is 181 Å². The quantitative estimate of drug-likeness (QED) is 0.505. The lowest BCUT2D eigenvalue weighted by molar-refractivity contribution is -0.123. The van der Waals surface area contributed by atoms with Crippen molar-refractivity contribution in [3.8, 4) is 11.3 Å². The molecular formula is C25H26N4O2. The Morgan fingerprint density at radius 2 is 2.00 bits per heavy atom. The van der Waals surface area contributed by atoms with Crippen LogP contribution < -0.4 is 0 Å². The summed E-state index contributed by atoms with van der Waals surface area (Å²) in [5, 5.41) is 14.3. The number of aliphatic hydroxyl groups excluding tert-OH is 1. The molecule has 5 rings (SSSR count). The van der Waals surface area contributed by atoms with Gasteiger partial charge in [0.05, 0.1) is 23.8 Å². The maximum absolute atomic E-state index is 13.0. The third-order valence-electron chi connectivity index (χ3n) is 7.11. The van der Waals surface area contributed by atoms with E-state index in [9.17, 15) is 9.90 Å². The van der Waals surface area contributed by atoms with Gasteiger partial charge in [0.2, 0.25) is 0 Å². The second-order valence-corrected chi connectivity index (χ2v) is 8.82.